The molecule has 1 amide bonds. The summed E-state index contributed by atoms with van der Waals surface area (Å²) < 4.78 is 5.91. The Bertz CT molecular complexity index is 1180. The molecule has 0 radical (unpaired) electrons. The molecule has 1 aliphatic heterocycles. The Labute approximate surface area is 203 Å². The van der Waals surface area contributed by atoms with E-state index in [1.165, 1.54) is 24.7 Å². The van der Waals surface area contributed by atoms with Gasteiger partial charge in [0, 0.05) is 62.9 Å². The minimum absolute atomic E-state index is 0.0506. The Hall–Kier alpha value is -4.05. The minimum Gasteiger partial charge on any atom is -0.489 e. The van der Waals surface area contributed by atoms with E-state index in [4.69, 9.17) is 4.74 Å². The van der Waals surface area contributed by atoms with E-state index in [1.54, 1.807) is 12.1 Å². The zero-order chi connectivity index (χ0) is 24.8. The van der Waals surface area contributed by atoms with Crippen molar-refractivity contribution in [2.45, 2.75) is 26.5 Å². The van der Waals surface area contributed by atoms with Crippen molar-refractivity contribution < 1.29 is 14.5 Å². The standard InChI is InChI=1S/C25H28N6O4/c1-18(2)35-24-7-6-20(15-22(24)28-25(32)23-16-26-8-9-27-23)30-12-10-29(11-13-30)17-19-4-3-5-21(14-19)31(33)34/h3-9,14-16,18H,10-13,17H2,1-2H3,(H,28,32). The summed E-state index contributed by atoms with van der Waals surface area (Å²) in [6.07, 6.45) is 4.36. The van der Waals surface area contributed by atoms with Crippen LogP contribution in [0, 0.1) is 10.1 Å². The fourth-order valence-corrected chi connectivity index (χ4v) is 3.96. The number of nitro benzene ring substituents is 1. The van der Waals surface area contributed by atoms with Crippen LogP contribution in [0.3, 0.4) is 0 Å². The molecule has 0 unspecified atom stereocenters. The van der Waals surface area contributed by atoms with Gasteiger partial charge in [-0.3, -0.25) is 24.8 Å². The summed E-state index contributed by atoms with van der Waals surface area (Å²) in [5.74, 6) is 0.232. The Morgan fingerprint density at radius 3 is 2.63 bits per heavy atom. The molecule has 1 aliphatic rings. The molecule has 0 atom stereocenters. The summed E-state index contributed by atoms with van der Waals surface area (Å²) in [6, 6.07) is 12.6. The van der Waals surface area contributed by atoms with Gasteiger partial charge in [-0.2, -0.15) is 0 Å². The summed E-state index contributed by atoms with van der Waals surface area (Å²) in [5.41, 5.74) is 2.82. The van der Waals surface area contributed by atoms with Crippen molar-refractivity contribution in [2.75, 3.05) is 36.4 Å². The quantitative estimate of drug-likeness (QED) is 0.386. The third kappa shape index (κ3) is 6.30. The number of nitrogens with zero attached hydrogens (tertiary/aromatic N) is 5. The number of hydrogen-bond donors (Lipinski definition) is 1. The Kier molecular flexibility index (Phi) is 7.51. The number of amides is 1. The smallest absolute Gasteiger partial charge is 0.275 e. The molecule has 1 fully saturated rings. The first-order valence-electron chi connectivity index (χ1n) is 11.5. The molecular formula is C25H28N6O4. The molecule has 10 heteroatoms. The predicted molar refractivity (Wildman–Crippen MR) is 133 cm³/mol. The van der Waals surface area contributed by atoms with Crippen molar-refractivity contribution in [3.05, 3.63) is 82.4 Å². The van der Waals surface area contributed by atoms with E-state index in [0.29, 0.717) is 18.0 Å². The first-order valence-corrected chi connectivity index (χ1v) is 11.5. The molecule has 0 bridgehead atoms. The molecule has 2 aromatic carbocycles. The summed E-state index contributed by atoms with van der Waals surface area (Å²) >= 11 is 0. The maximum Gasteiger partial charge on any atom is 0.275 e. The molecule has 0 saturated carbocycles. The number of piperazine rings is 1. The van der Waals surface area contributed by atoms with E-state index in [9.17, 15) is 14.9 Å². The van der Waals surface area contributed by atoms with Crippen molar-refractivity contribution in [2.24, 2.45) is 0 Å². The molecule has 10 nitrogen and oxygen atoms in total. The summed E-state index contributed by atoms with van der Waals surface area (Å²) in [7, 11) is 0. The van der Waals surface area contributed by atoms with Gasteiger partial charge >= 0.3 is 0 Å². The number of carbonyl (C=O) groups excluding carboxylic acids is 1. The van der Waals surface area contributed by atoms with Crippen LogP contribution in [0.5, 0.6) is 5.75 Å². The average molecular weight is 477 g/mol. The van der Waals surface area contributed by atoms with Crippen LogP contribution in [0.4, 0.5) is 17.1 Å². The number of carbonyl (C=O) groups is 1. The zero-order valence-corrected chi connectivity index (χ0v) is 19.8. The third-order valence-corrected chi connectivity index (χ3v) is 5.63. The normalized spacial score (nSPS) is 14.1. The SMILES string of the molecule is CC(C)Oc1ccc(N2CCN(Cc3cccc([N+](=O)[O-])c3)CC2)cc1NC(=O)c1cnccn1. The molecule has 1 aromatic heterocycles. The monoisotopic (exact) mass is 476 g/mol. The highest BCUT2D eigenvalue weighted by Crippen LogP contribution is 2.32. The number of rotatable bonds is 8. The molecule has 182 valence electrons. The molecule has 35 heavy (non-hydrogen) atoms. The number of aromatic nitrogens is 2. The van der Waals surface area contributed by atoms with E-state index in [1.807, 2.05) is 38.1 Å². The fourth-order valence-electron chi connectivity index (χ4n) is 3.96. The number of benzene rings is 2. The van der Waals surface area contributed by atoms with Gasteiger partial charge in [0.25, 0.3) is 11.6 Å². The predicted octanol–water partition coefficient (Wildman–Crippen LogP) is 3.75. The van der Waals surface area contributed by atoms with Crippen LogP contribution < -0.4 is 15.0 Å². The van der Waals surface area contributed by atoms with Gasteiger partial charge in [0.15, 0.2) is 0 Å². The van der Waals surface area contributed by atoms with Gasteiger partial charge in [0.2, 0.25) is 0 Å². The van der Waals surface area contributed by atoms with Gasteiger partial charge in [0.05, 0.1) is 22.9 Å². The first-order chi connectivity index (χ1) is 16.9. The lowest BCUT2D eigenvalue weighted by molar-refractivity contribution is -0.384. The van der Waals surface area contributed by atoms with Crippen LogP contribution >= 0.6 is 0 Å². The van der Waals surface area contributed by atoms with Crippen LogP contribution in [0.25, 0.3) is 0 Å². The van der Waals surface area contributed by atoms with Crippen LogP contribution in [-0.4, -0.2) is 58.0 Å². The molecule has 4 rings (SSSR count). The highest BCUT2D eigenvalue weighted by atomic mass is 16.6. The van der Waals surface area contributed by atoms with Gasteiger partial charge in [-0.05, 0) is 37.6 Å². The van der Waals surface area contributed by atoms with Crippen molar-refractivity contribution in [1.29, 1.82) is 0 Å². The lowest BCUT2D eigenvalue weighted by Gasteiger charge is -2.36. The summed E-state index contributed by atoms with van der Waals surface area (Å²) in [5, 5.41) is 14.0. The second-order valence-corrected chi connectivity index (χ2v) is 8.58. The number of nitrogens with one attached hydrogen (secondary N) is 1. The van der Waals surface area contributed by atoms with Crippen LogP contribution in [0.2, 0.25) is 0 Å². The van der Waals surface area contributed by atoms with Crippen molar-refractivity contribution in [3.8, 4) is 5.75 Å². The Morgan fingerprint density at radius 2 is 1.94 bits per heavy atom. The van der Waals surface area contributed by atoms with Gasteiger partial charge in [0.1, 0.15) is 11.4 Å². The first kappa shape index (κ1) is 24.1. The van der Waals surface area contributed by atoms with Gasteiger partial charge in [-0.25, -0.2) is 4.98 Å². The maximum absolute atomic E-state index is 12.7. The number of nitro groups is 1. The van der Waals surface area contributed by atoms with Crippen molar-refractivity contribution in [1.82, 2.24) is 14.9 Å². The number of ether oxygens (including phenoxy) is 1. The second-order valence-electron chi connectivity index (χ2n) is 8.58. The lowest BCUT2D eigenvalue weighted by Crippen LogP contribution is -2.46. The van der Waals surface area contributed by atoms with Crippen molar-refractivity contribution in [3.63, 3.8) is 0 Å². The van der Waals surface area contributed by atoms with E-state index in [-0.39, 0.29) is 28.3 Å². The summed E-state index contributed by atoms with van der Waals surface area (Å²) in [4.78, 5) is 35.9. The molecule has 1 saturated heterocycles. The molecule has 1 N–H and O–H groups in total. The van der Waals surface area contributed by atoms with E-state index in [2.05, 4.69) is 25.1 Å². The fraction of sp³-hybridized carbons (Fsp3) is 0.320. The average Bonchev–Trinajstić information content (AvgIpc) is 2.86. The zero-order valence-electron chi connectivity index (χ0n) is 19.8. The molecular weight excluding hydrogens is 448 g/mol. The van der Waals surface area contributed by atoms with Gasteiger partial charge in [-0.1, -0.05) is 12.1 Å². The Balaban J connectivity index is 1.44. The highest BCUT2D eigenvalue weighted by Gasteiger charge is 2.20. The van der Waals surface area contributed by atoms with E-state index in [0.717, 1.165) is 37.4 Å². The lowest BCUT2D eigenvalue weighted by atomic mass is 10.1. The number of hydrogen-bond acceptors (Lipinski definition) is 8. The largest absolute Gasteiger partial charge is 0.489 e. The van der Waals surface area contributed by atoms with Gasteiger partial charge < -0.3 is 15.0 Å². The van der Waals surface area contributed by atoms with E-state index < -0.39 is 0 Å². The minimum atomic E-state index is -0.366. The Morgan fingerprint density at radius 1 is 1.14 bits per heavy atom. The van der Waals surface area contributed by atoms with Crippen molar-refractivity contribution >= 4 is 23.0 Å². The maximum atomic E-state index is 12.7. The number of non-ortho nitro benzene ring substituents is 1. The highest BCUT2D eigenvalue weighted by molar-refractivity contribution is 6.03. The second kappa shape index (κ2) is 10.9. The number of anilines is 2. The molecule has 0 aliphatic carbocycles. The third-order valence-electron chi connectivity index (χ3n) is 5.63. The molecule has 3 aromatic rings. The topological polar surface area (TPSA) is 114 Å². The summed E-state index contributed by atoms with van der Waals surface area (Å²) in [6.45, 7) is 7.73. The van der Waals surface area contributed by atoms with Crippen LogP contribution in [0.1, 0.15) is 29.9 Å². The molecule has 2 heterocycles. The van der Waals surface area contributed by atoms with E-state index >= 15 is 0 Å². The van der Waals surface area contributed by atoms with Crippen LogP contribution in [-0.2, 0) is 6.54 Å². The van der Waals surface area contributed by atoms with Crippen LogP contribution in [0.15, 0.2) is 61.1 Å². The molecule has 0 spiro atoms. The van der Waals surface area contributed by atoms with Gasteiger partial charge in [-0.15, -0.1) is 0 Å².